The second kappa shape index (κ2) is 12.5. The van der Waals surface area contributed by atoms with Crippen LogP contribution in [0.15, 0.2) is 65.3 Å². The molecule has 1 amide bonds. The summed E-state index contributed by atoms with van der Waals surface area (Å²) in [5, 5.41) is 0. The van der Waals surface area contributed by atoms with E-state index in [1.54, 1.807) is 18.9 Å². The Morgan fingerprint density at radius 2 is 1.78 bits per heavy atom. The molecule has 1 aromatic heterocycles. The van der Waals surface area contributed by atoms with Crippen LogP contribution in [0.1, 0.15) is 60.2 Å². The van der Waals surface area contributed by atoms with E-state index in [2.05, 4.69) is 28.9 Å². The Bertz CT molecular complexity index is 1170. The fraction of sp³-hybridized carbons (Fsp3) is 0.414. The van der Waals surface area contributed by atoms with Crippen LogP contribution >= 0.6 is 0 Å². The number of methoxy groups -OCH3 is 1. The Kier molecular flexibility index (Phi) is 8.95. The summed E-state index contributed by atoms with van der Waals surface area (Å²) < 4.78 is 16.5. The Labute approximate surface area is 218 Å². The van der Waals surface area contributed by atoms with Gasteiger partial charge in [0.25, 0.3) is 5.91 Å². The molecule has 1 atom stereocenters. The average Bonchev–Trinajstić information content (AvgIpc) is 3.41. The minimum atomic E-state index is -0.180. The van der Waals surface area contributed by atoms with Gasteiger partial charge in [-0.1, -0.05) is 48.5 Å². The number of rotatable bonds is 10. The molecule has 8 heteroatoms. The van der Waals surface area contributed by atoms with Crippen molar-refractivity contribution in [2.45, 2.75) is 45.8 Å². The number of oxazole rings is 1. The van der Waals surface area contributed by atoms with Gasteiger partial charge in [0.2, 0.25) is 5.89 Å². The molecule has 0 saturated carbocycles. The molecule has 8 nitrogen and oxygen atoms in total. The van der Waals surface area contributed by atoms with Crippen molar-refractivity contribution in [1.29, 1.82) is 0 Å². The third-order valence-electron chi connectivity index (χ3n) is 6.91. The van der Waals surface area contributed by atoms with E-state index in [9.17, 15) is 9.59 Å². The maximum absolute atomic E-state index is 13.1. The molecule has 0 bridgehead atoms. The van der Waals surface area contributed by atoms with E-state index in [1.807, 2.05) is 42.5 Å². The molecule has 2 heterocycles. The van der Waals surface area contributed by atoms with Gasteiger partial charge >= 0.3 is 5.97 Å². The van der Waals surface area contributed by atoms with E-state index in [-0.39, 0.29) is 29.5 Å². The molecule has 0 aliphatic carbocycles. The first-order valence-corrected chi connectivity index (χ1v) is 12.8. The fourth-order valence-electron chi connectivity index (χ4n) is 4.72. The molecule has 37 heavy (non-hydrogen) atoms. The summed E-state index contributed by atoms with van der Waals surface area (Å²) >= 11 is 0. The van der Waals surface area contributed by atoms with Crippen molar-refractivity contribution >= 4 is 11.9 Å². The number of carbonyl (C=O) groups is 2. The standard InChI is InChI=1S/C29H35N3O5/c1-4-36-29(34)23-14-16-31(17-15-23)28(33)25-20-37-27(30-25)19-32(21(2)22-10-6-5-7-11-22)18-24-12-8-9-13-26(24)35-3/h5-13,20-21,23H,4,14-19H2,1-3H3. The second-order valence-corrected chi connectivity index (χ2v) is 9.25. The molecular weight excluding hydrogens is 470 g/mol. The molecule has 0 spiro atoms. The zero-order chi connectivity index (χ0) is 26.2. The molecule has 3 aromatic rings. The molecule has 2 aromatic carbocycles. The number of para-hydroxylation sites is 1. The summed E-state index contributed by atoms with van der Waals surface area (Å²) in [5.41, 5.74) is 2.51. The Hall–Kier alpha value is -3.65. The van der Waals surface area contributed by atoms with Crippen molar-refractivity contribution in [1.82, 2.24) is 14.8 Å². The van der Waals surface area contributed by atoms with Crippen molar-refractivity contribution in [2.24, 2.45) is 5.92 Å². The van der Waals surface area contributed by atoms with Crippen LogP contribution in [-0.4, -0.2) is 53.5 Å². The van der Waals surface area contributed by atoms with Crippen LogP contribution in [0.5, 0.6) is 5.75 Å². The van der Waals surface area contributed by atoms with E-state index < -0.39 is 0 Å². The molecule has 0 radical (unpaired) electrons. The van der Waals surface area contributed by atoms with E-state index in [4.69, 9.17) is 13.9 Å². The molecule has 4 rings (SSSR count). The Balaban J connectivity index is 1.46. The topological polar surface area (TPSA) is 85.1 Å². The van der Waals surface area contributed by atoms with Gasteiger partial charge in [-0.15, -0.1) is 0 Å². The van der Waals surface area contributed by atoms with Crippen molar-refractivity contribution in [3.8, 4) is 5.75 Å². The van der Waals surface area contributed by atoms with Gasteiger partial charge < -0.3 is 18.8 Å². The first kappa shape index (κ1) is 26.4. The summed E-state index contributed by atoms with van der Waals surface area (Å²) in [6, 6.07) is 18.3. The van der Waals surface area contributed by atoms with Crippen LogP contribution in [0, 0.1) is 5.92 Å². The largest absolute Gasteiger partial charge is 0.496 e. The lowest BCUT2D eigenvalue weighted by atomic mass is 9.97. The minimum Gasteiger partial charge on any atom is -0.496 e. The molecule has 1 saturated heterocycles. The minimum absolute atomic E-state index is 0.0686. The first-order chi connectivity index (χ1) is 18.0. The smallest absolute Gasteiger partial charge is 0.309 e. The highest BCUT2D eigenvalue weighted by molar-refractivity contribution is 5.92. The van der Waals surface area contributed by atoms with Crippen LogP contribution < -0.4 is 4.74 Å². The summed E-state index contributed by atoms with van der Waals surface area (Å²) in [5.74, 6) is 0.787. The fourth-order valence-corrected chi connectivity index (χ4v) is 4.72. The molecule has 1 aliphatic rings. The molecular formula is C29H35N3O5. The highest BCUT2D eigenvalue weighted by Crippen LogP contribution is 2.28. The number of carbonyl (C=O) groups excluding carboxylic acids is 2. The van der Waals surface area contributed by atoms with Crippen LogP contribution in [0.25, 0.3) is 0 Å². The zero-order valence-corrected chi connectivity index (χ0v) is 21.8. The van der Waals surface area contributed by atoms with E-state index in [0.717, 1.165) is 11.3 Å². The maximum Gasteiger partial charge on any atom is 0.309 e. The normalized spacial score (nSPS) is 15.0. The van der Waals surface area contributed by atoms with Crippen LogP contribution in [-0.2, 0) is 22.6 Å². The van der Waals surface area contributed by atoms with E-state index in [1.165, 1.54) is 11.8 Å². The zero-order valence-electron chi connectivity index (χ0n) is 21.8. The van der Waals surface area contributed by atoms with Crippen molar-refractivity contribution in [2.75, 3.05) is 26.8 Å². The van der Waals surface area contributed by atoms with Crippen molar-refractivity contribution in [3.05, 3.63) is 83.6 Å². The van der Waals surface area contributed by atoms with Crippen molar-refractivity contribution in [3.63, 3.8) is 0 Å². The second-order valence-electron chi connectivity index (χ2n) is 9.25. The predicted octanol–water partition coefficient (Wildman–Crippen LogP) is 4.86. The van der Waals surface area contributed by atoms with Gasteiger partial charge in [0.1, 0.15) is 12.0 Å². The molecule has 1 unspecified atom stereocenters. The number of amides is 1. The Morgan fingerprint density at radius 3 is 2.49 bits per heavy atom. The molecule has 1 aliphatic heterocycles. The third-order valence-corrected chi connectivity index (χ3v) is 6.91. The number of benzene rings is 2. The summed E-state index contributed by atoms with van der Waals surface area (Å²) in [7, 11) is 1.67. The summed E-state index contributed by atoms with van der Waals surface area (Å²) in [6.45, 7) is 6.35. The highest BCUT2D eigenvalue weighted by atomic mass is 16.5. The average molecular weight is 506 g/mol. The van der Waals surface area contributed by atoms with Gasteiger partial charge in [0, 0.05) is 31.2 Å². The van der Waals surface area contributed by atoms with Gasteiger partial charge in [0.15, 0.2) is 5.69 Å². The lowest BCUT2D eigenvalue weighted by molar-refractivity contribution is -0.149. The lowest BCUT2D eigenvalue weighted by Gasteiger charge is -2.30. The number of esters is 1. The molecule has 196 valence electrons. The first-order valence-electron chi connectivity index (χ1n) is 12.8. The highest BCUT2D eigenvalue weighted by Gasteiger charge is 2.30. The number of aromatic nitrogens is 1. The SMILES string of the molecule is CCOC(=O)C1CCN(C(=O)c2coc(CN(Cc3ccccc3OC)C(C)c3ccccc3)n2)CC1. The third kappa shape index (κ3) is 6.57. The number of ether oxygens (including phenoxy) is 2. The van der Waals surface area contributed by atoms with Gasteiger partial charge in [-0.25, -0.2) is 4.98 Å². The monoisotopic (exact) mass is 505 g/mol. The number of piperidine rings is 1. The maximum atomic E-state index is 13.1. The number of likely N-dealkylation sites (tertiary alicyclic amines) is 1. The molecule has 1 fully saturated rings. The number of hydrogen-bond acceptors (Lipinski definition) is 7. The summed E-state index contributed by atoms with van der Waals surface area (Å²) in [4.78, 5) is 33.6. The van der Waals surface area contributed by atoms with E-state index >= 15 is 0 Å². The lowest BCUT2D eigenvalue weighted by Crippen LogP contribution is -2.40. The van der Waals surface area contributed by atoms with Gasteiger partial charge in [-0.2, -0.15) is 0 Å². The van der Waals surface area contributed by atoms with E-state index in [0.29, 0.717) is 51.5 Å². The number of hydrogen-bond donors (Lipinski definition) is 0. The Morgan fingerprint density at radius 1 is 1.08 bits per heavy atom. The van der Waals surface area contributed by atoms with Gasteiger partial charge in [-0.05, 0) is 38.3 Å². The van der Waals surface area contributed by atoms with Crippen LogP contribution in [0.3, 0.4) is 0 Å². The quantitative estimate of drug-likeness (QED) is 0.364. The van der Waals surface area contributed by atoms with Crippen LogP contribution in [0.4, 0.5) is 0 Å². The van der Waals surface area contributed by atoms with Crippen LogP contribution in [0.2, 0.25) is 0 Å². The van der Waals surface area contributed by atoms with Crippen molar-refractivity contribution < 1.29 is 23.5 Å². The molecule has 0 N–H and O–H groups in total. The number of nitrogens with zero attached hydrogens (tertiary/aromatic N) is 3. The predicted molar refractivity (Wildman–Crippen MR) is 139 cm³/mol. The van der Waals surface area contributed by atoms with Gasteiger partial charge in [0.05, 0.1) is 26.2 Å². The van der Waals surface area contributed by atoms with Gasteiger partial charge in [-0.3, -0.25) is 14.5 Å². The summed E-state index contributed by atoms with van der Waals surface area (Å²) in [6.07, 6.45) is 2.62.